The number of carbonyl (C=O) groups is 12. The van der Waals surface area contributed by atoms with Crippen molar-refractivity contribution in [2.45, 2.75) is 279 Å². The number of rotatable bonds is 15. The number of ether oxygens (including phenoxy) is 1. The summed E-state index contributed by atoms with van der Waals surface area (Å²) in [5.41, 5.74) is -2.11. The minimum Gasteiger partial charge on any atom is -0.377 e. The standard InChI is InChI=1S/C76H119Cl2F3N12O13/c1-14-20-55-65(97)83-64(45(4)15-2)72(104)92(50-30-31-50)42-63(96)88(11)56-21-18-17-19-34-91(71(56)103)60(37-48-24-28-49(29-25-48)76(79,80)81)69(101)86(9)41-61(94)82-54(33-27-46-26-32-52(77)53(78)35-46)67(99)93-40-51(106-16-3)38-57(93)66(98)84-75(43-74(5,6)44-75)73(105)90(13)58(36-47-22-23-47)70(102)89(12)59(68(100)85(7)8)39-62(95)87(55)10/h17-18,45-60,64H,14-16,19-44H2,1-13H3,(H,82,94)(H,83,97)(H,84,98)/b18-17-/t45-,46?,48?,49?,51+,52?,53?,54-,55-,56-,57-,58-,59-,60-,64-/m0/s1. The second-order valence-corrected chi connectivity index (χ2v) is 34.1. The van der Waals surface area contributed by atoms with Gasteiger partial charge in [0.05, 0.1) is 30.4 Å². The highest BCUT2D eigenvalue weighted by Gasteiger charge is 2.59. The summed E-state index contributed by atoms with van der Waals surface area (Å²) < 4.78 is 48.7. The van der Waals surface area contributed by atoms with Crippen LogP contribution in [-0.4, -0.2) is 280 Å². The van der Waals surface area contributed by atoms with Crippen LogP contribution in [0.25, 0.3) is 0 Å². The van der Waals surface area contributed by atoms with Gasteiger partial charge in [-0.15, -0.1) is 23.2 Å². The van der Waals surface area contributed by atoms with Gasteiger partial charge in [0.15, 0.2) is 0 Å². The van der Waals surface area contributed by atoms with E-state index >= 15 is 33.6 Å². The van der Waals surface area contributed by atoms with Crippen LogP contribution in [0.4, 0.5) is 13.2 Å². The molecule has 30 heteroatoms. The zero-order valence-corrected chi connectivity index (χ0v) is 66.2. The first-order chi connectivity index (χ1) is 49.8. The van der Waals surface area contributed by atoms with Gasteiger partial charge >= 0.3 is 6.18 Å². The van der Waals surface area contributed by atoms with Crippen LogP contribution in [0.15, 0.2) is 12.2 Å². The molecule has 12 amide bonds. The third-order valence-electron chi connectivity index (χ3n) is 24.0. The topological polar surface area (TPSA) is 279 Å². The van der Waals surface area contributed by atoms with E-state index in [-0.39, 0.29) is 126 Å². The summed E-state index contributed by atoms with van der Waals surface area (Å²) in [4.78, 5) is 194. The third kappa shape index (κ3) is 21.0. The molecule has 3 unspecified atom stereocenters. The van der Waals surface area contributed by atoms with Crippen LogP contribution >= 0.6 is 23.2 Å². The number of hydrogen-bond donors (Lipinski definition) is 3. The molecule has 0 radical (unpaired) electrons. The number of carbonyl (C=O) groups excluding carboxylic acids is 12. The maximum absolute atomic E-state index is 15.7. The van der Waals surface area contributed by atoms with E-state index in [9.17, 15) is 37.1 Å². The van der Waals surface area contributed by atoms with E-state index in [1.165, 1.54) is 88.5 Å². The summed E-state index contributed by atoms with van der Waals surface area (Å²) >= 11 is 13.3. The lowest BCUT2D eigenvalue weighted by Crippen LogP contribution is -2.71. The van der Waals surface area contributed by atoms with E-state index in [0.29, 0.717) is 51.4 Å². The summed E-state index contributed by atoms with van der Waals surface area (Å²) in [7, 11) is 10.1. The van der Waals surface area contributed by atoms with E-state index in [4.69, 9.17) is 27.9 Å². The molecule has 3 aliphatic heterocycles. The minimum absolute atomic E-state index is 0.000630. The maximum atomic E-state index is 15.7. The first kappa shape index (κ1) is 85.3. The molecule has 0 aromatic heterocycles. The summed E-state index contributed by atoms with van der Waals surface area (Å²) in [6, 6.07) is -10.6. The fourth-order valence-electron chi connectivity index (χ4n) is 17.1. The van der Waals surface area contributed by atoms with Gasteiger partial charge in [-0.1, -0.05) is 72.5 Å². The van der Waals surface area contributed by atoms with Crippen molar-refractivity contribution in [1.29, 1.82) is 0 Å². The Morgan fingerprint density at radius 2 is 1.27 bits per heavy atom. The molecule has 596 valence electrons. The molecule has 0 aromatic rings. The molecule has 106 heavy (non-hydrogen) atoms. The van der Waals surface area contributed by atoms with E-state index in [2.05, 4.69) is 16.0 Å². The Morgan fingerprint density at radius 3 is 1.85 bits per heavy atom. The average molecular weight is 1540 g/mol. The van der Waals surface area contributed by atoms with Gasteiger partial charge in [0.1, 0.15) is 60.4 Å². The Hall–Kier alpha value is -6.29. The van der Waals surface area contributed by atoms with Crippen LogP contribution in [0.1, 0.15) is 196 Å². The van der Waals surface area contributed by atoms with Gasteiger partial charge < -0.3 is 64.8 Å². The lowest BCUT2D eigenvalue weighted by Gasteiger charge is -2.54. The maximum Gasteiger partial charge on any atom is 0.391 e. The minimum atomic E-state index is -4.44. The highest BCUT2D eigenvalue weighted by molar-refractivity contribution is 6.30. The summed E-state index contributed by atoms with van der Waals surface area (Å²) in [6.07, 6.45) is 3.94. The van der Waals surface area contributed by atoms with Gasteiger partial charge in [0, 0.05) is 86.9 Å². The van der Waals surface area contributed by atoms with Crippen molar-refractivity contribution in [2.75, 3.05) is 82.1 Å². The number of likely N-dealkylation sites (N-methyl/N-ethyl adjacent to an activating group) is 6. The summed E-state index contributed by atoms with van der Waals surface area (Å²) in [6.45, 7) is 9.98. The van der Waals surface area contributed by atoms with Crippen molar-refractivity contribution in [2.24, 2.45) is 35.0 Å². The fraction of sp³-hybridized carbons (Fsp3) is 0.816. The largest absolute Gasteiger partial charge is 0.391 e. The van der Waals surface area contributed by atoms with Crippen LogP contribution in [0, 0.1) is 35.0 Å². The van der Waals surface area contributed by atoms with Crippen LogP contribution in [0.2, 0.25) is 0 Å². The van der Waals surface area contributed by atoms with E-state index in [1.54, 1.807) is 26.0 Å². The predicted octanol–water partition coefficient (Wildman–Crippen LogP) is 6.63. The molecular formula is C76H119Cl2F3N12O13. The number of amides is 12. The lowest BCUT2D eigenvalue weighted by molar-refractivity contribution is -0.184. The fourth-order valence-corrected chi connectivity index (χ4v) is 17.7. The molecule has 0 aromatic carbocycles. The zero-order chi connectivity index (χ0) is 78.2. The molecule has 2 saturated heterocycles. The molecule has 1 spiro atoms. The van der Waals surface area contributed by atoms with E-state index in [0.717, 1.165) is 17.7 Å². The van der Waals surface area contributed by atoms with Crippen molar-refractivity contribution in [3.05, 3.63) is 12.2 Å². The van der Waals surface area contributed by atoms with Gasteiger partial charge in [0.2, 0.25) is 70.9 Å². The van der Waals surface area contributed by atoms with Crippen LogP contribution in [-0.2, 0) is 62.3 Å². The van der Waals surface area contributed by atoms with Crippen molar-refractivity contribution in [3.8, 4) is 0 Å². The van der Waals surface area contributed by atoms with E-state index in [1.807, 2.05) is 27.7 Å². The Bertz CT molecular complexity index is 3210. The number of fused-ring (bicyclic) bond motifs is 3. The van der Waals surface area contributed by atoms with Crippen LogP contribution < -0.4 is 16.0 Å². The number of halogens is 5. The Kier molecular flexibility index (Phi) is 29.4. The summed E-state index contributed by atoms with van der Waals surface area (Å²) in [5.74, 6) is -10.4. The molecule has 7 fully saturated rings. The van der Waals surface area contributed by atoms with Crippen LogP contribution in [0.5, 0.6) is 0 Å². The first-order valence-electron chi connectivity index (χ1n) is 38.8. The smallest absolute Gasteiger partial charge is 0.377 e. The molecule has 3 heterocycles. The predicted molar refractivity (Wildman–Crippen MR) is 393 cm³/mol. The van der Waals surface area contributed by atoms with Crippen molar-refractivity contribution >= 4 is 94.1 Å². The normalized spacial score (nSPS) is 32.4. The second-order valence-electron chi connectivity index (χ2n) is 33.0. The molecule has 5 aliphatic carbocycles. The van der Waals surface area contributed by atoms with E-state index < -0.39 is 186 Å². The highest BCUT2D eigenvalue weighted by Crippen LogP contribution is 2.50. The molecule has 13 atom stereocenters. The van der Waals surface area contributed by atoms with Gasteiger partial charge in [-0.25, -0.2) is 0 Å². The molecule has 8 aliphatic rings. The molecule has 5 saturated carbocycles. The Balaban J connectivity index is 1.20. The molecule has 3 N–H and O–H groups in total. The second kappa shape index (κ2) is 36.5. The SMILES string of the molecule is CCC[C@H]1C(=O)N[C@@H]([C@@H](C)CC)C(=O)N(C2CC2)CC(=O)N(C)[C@H]2C/C=C\CCN(C2=O)[C@@H](CC2CCC(C(F)(F)F)CC2)C(=O)N(C)CC(=O)N[C@@H](CCC2CCC(Cl)C(Cl)C2)C(=O)N2C[C@H](OCC)C[C@H]2C(=O)NC2(CC(C)(C)C2)C(=O)N(C)[C@@H](CC2CC2)C(=O)N(C)[C@H](C(=O)N(C)C)CC(=O)N1C. The summed E-state index contributed by atoms with van der Waals surface area (Å²) in [5, 5.41) is 8.32. The Morgan fingerprint density at radius 1 is 0.642 bits per heavy atom. The average Bonchev–Trinajstić information content (AvgIpc) is 0.782. The molecule has 2 bridgehead atoms. The number of hydrogen-bond acceptors (Lipinski definition) is 13. The van der Waals surface area contributed by atoms with Crippen molar-refractivity contribution in [3.63, 3.8) is 0 Å². The van der Waals surface area contributed by atoms with Gasteiger partial charge in [-0.2, -0.15) is 13.2 Å². The number of nitrogens with one attached hydrogen (secondary N) is 3. The Labute approximate surface area is 634 Å². The molecule has 25 nitrogen and oxygen atoms in total. The molecular weight excluding hydrogens is 1420 g/mol. The van der Waals surface area contributed by atoms with Gasteiger partial charge in [-0.05, 0) is 152 Å². The highest BCUT2D eigenvalue weighted by atomic mass is 35.5. The number of nitrogens with zero attached hydrogens (tertiary/aromatic N) is 9. The zero-order valence-electron chi connectivity index (χ0n) is 64.7. The third-order valence-corrected chi connectivity index (χ3v) is 25.1. The quantitative estimate of drug-likeness (QED) is 0.115. The first-order valence-corrected chi connectivity index (χ1v) is 39.7. The number of alkyl halides is 5. The van der Waals surface area contributed by atoms with Crippen molar-refractivity contribution < 1.29 is 75.4 Å². The monoisotopic (exact) mass is 1530 g/mol. The molecule has 8 rings (SSSR count). The lowest BCUT2D eigenvalue weighted by atomic mass is 9.58. The van der Waals surface area contributed by atoms with Crippen molar-refractivity contribution in [1.82, 2.24) is 60.0 Å². The van der Waals surface area contributed by atoms with Gasteiger partial charge in [0.25, 0.3) is 0 Å². The van der Waals surface area contributed by atoms with Gasteiger partial charge in [-0.3, -0.25) is 57.5 Å². The van der Waals surface area contributed by atoms with Crippen LogP contribution in [0.3, 0.4) is 0 Å².